The van der Waals surface area contributed by atoms with Crippen LogP contribution in [0.25, 0.3) is 0 Å². The Labute approximate surface area is 129 Å². The van der Waals surface area contributed by atoms with E-state index in [0.29, 0.717) is 0 Å². The topological polar surface area (TPSA) is 41.1 Å². The molecule has 1 aromatic carbocycles. The first-order valence-corrected chi connectivity index (χ1v) is 8.07. The van der Waals surface area contributed by atoms with Gasteiger partial charge in [-0.2, -0.15) is 0 Å². The zero-order valence-electron chi connectivity index (χ0n) is 12.5. The normalized spacial score (nSPS) is 17.8. The van der Waals surface area contributed by atoms with Crippen molar-refractivity contribution < 1.29 is 4.79 Å². The van der Waals surface area contributed by atoms with E-state index >= 15 is 0 Å². The summed E-state index contributed by atoms with van der Waals surface area (Å²) in [5.74, 6) is 0.161. The number of benzene rings is 1. The van der Waals surface area contributed by atoms with Gasteiger partial charge in [0.2, 0.25) is 5.91 Å². The molecule has 1 heterocycles. The SMILES string of the molecule is CCC1(C(=O)Nc2c(C)cc(C)cc2Br)CCNCC1. The van der Waals surface area contributed by atoms with Crippen LogP contribution < -0.4 is 10.6 Å². The zero-order valence-corrected chi connectivity index (χ0v) is 14.1. The van der Waals surface area contributed by atoms with Gasteiger partial charge < -0.3 is 10.6 Å². The summed E-state index contributed by atoms with van der Waals surface area (Å²) < 4.78 is 0.962. The minimum atomic E-state index is -0.220. The molecule has 20 heavy (non-hydrogen) atoms. The van der Waals surface area contributed by atoms with E-state index in [1.807, 2.05) is 13.0 Å². The van der Waals surface area contributed by atoms with Crippen molar-refractivity contribution in [1.82, 2.24) is 5.32 Å². The summed E-state index contributed by atoms with van der Waals surface area (Å²) in [6.45, 7) is 8.06. The molecule has 0 spiro atoms. The third kappa shape index (κ3) is 3.07. The maximum Gasteiger partial charge on any atom is 0.230 e. The van der Waals surface area contributed by atoms with E-state index in [0.717, 1.165) is 48.1 Å². The van der Waals surface area contributed by atoms with Gasteiger partial charge in [-0.25, -0.2) is 0 Å². The first-order chi connectivity index (χ1) is 9.48. The third-order valence-electron chi connectivity index (χ3n) is 4.39. The molecule has 0 aromatic heterocycles. The lowest BCUT2D eigenvalue weighted by Gasteiger charge is -2.35. The molecule has 1 aliphatic rings. The Hall–Kier alpha value is -0.870. The van der Waals surface area contributed by atoms with Gasteiger partial charge in [0.15, 0.2) is 0 Å². The Balaban J connectivity index is 2.23. The molecule has 0 bridgehead atoms. The van der Waals surface area contributed by atoms with Crippen LogP contribution in [0.4, 0.5) is 5.69 Å². The van der Waals surface area contributed by atoms with Gasteiger partial charge in [-0.15, -0.1) is 0 Å². The number of hydrogen-bond acceptors (Lipinski definition) is 2. The molecule has 110 valence electrons. The maximum atomic E-state index is 12.8. The fourth-order valence-electron chi connectivity index (χ4n) is 2.97. The van der Waals surface area contributed by atoms with E-state index in [-0.39, 0.29) is 11.3 Å². The molecule has 2 rings (SSSR count). The molecule has 2 N–H and O–H groups in total. The lowest BCUT2D eigenvalue weighted by molar-refractivity contribution is -0.127. The van der Waals surface area contributed by atoms with E-state index in [9.17, 15) is 4.79 Å². The monoisotopic (exact) mass is 338 g/mol. The predicted molar refractivity (Wildman–Crippen MR) is 87.1 cm³/mol. The third-order valence-corrected chi connectivity index (χ3v) is 5.01. The second kappa shape index (κ2) is 6.27. The van der Waals surface area contributed by atoms with Gasteiger partial charge in [-0.3, -0.25) is 4.79 Å². The highest BCUT2D eigenvalue weighted by molar-refractivity contribution is 9.10. The summed E-state index contributed by atoms with van der Waals surface area (Å²) in [5, 5.41) is 6.49. The smallest absolute Gasteiger partial charge is 0.230 e. The van der Waals surface area contributed by atoms with Crippen LogP contribution in [0.15, 0.2) is 16.6 Å². The van der Waals surface area contributed by atoms with Crippen molar-refractivity contribution in [1.29, 1.82) is 0 Å². The van der Waals surface area contributed by atoms with Crippen LogP contribution >= 0.6 is 15.9 Å². The lowest BCUT2D eigenvalue weighted by Crippen LogP contribution is -2.44. The zero-order chi connectivity index (χ0) is 14.8. The number of carbonyl (C=O) groups excluding carboxylic acids is 1. The summed E-state index contributed by atoms with van der Waals surface area (Å²) in [4.78, 5) is 12.8. The van der Waals surface area contributed by atoms with Crippen LogP contribution in [0, 0.1) is 19.3 Å². The van der Waals surface area contributed by atoms with Gasteiger partial charge in [0, 0.05) is 4.47 Å². The van der Waals surface area contributed by atoms with E-state index in [2.05, 4.69) is 46.5 Å². The second-order valence-corrected chi connectivity index (χ2v) is 6.63. The number of anilines is 1. The lowest BCUT2D eigenvalue weighted by atomic mass is 9.76. The largest absolute Gasteiger partial charge is 0.324 e. The van der Waals surface area contributed by atoms with Crippen LogP contribution in [-0.4, -0.2) is 19.0 Å². The van der Waals surface area contributed by atoms with Crippen molar-refractivity contribution in [2.24, 2.45) is 5.41 Å². The van der Waals surface area contributed by atoms with Crippen molar-refractivity contribution in [3.8, 4) is 0 Å². The van der Waals surface area contributed by atoms with Gasteiger partial charge in [0.05, 0.1) is 11.1 Å². The summed E-state index contributed by atoms with van der Waals surface area (Å²) in [6.07, 6.45) is 2.72. The van der Waals surface area contributed by atoms with Gasteiger partial charge in [-0.05, 0) is 79.3 Å². The number of rotatable bonds is 3. The van der Waals surface area contributed by atoms with Crippen LogP contribution in [0.3, 0.4) is 0 Å². The van der Waals surface area contributed by atoms with Gasteiger partial charge in [0.1, 0.15) is 0 Å². The first-order valence-electron chi connectivity index (χ1n) is 7.27. The van der Waals surface area contributed by atoms with Crippen LogP contribution in [0.2, 0.25) is 0 Å². The number of carbonyl (C=O) groups is 1. The number of halogens is 1. The Kier molecular flexibility index (Phi) is 4.86. The molecule has 1 fully saturated rings. The fourth-order valence-corrected chi connectivity index (χ4v) is 3.74. The molecular weight excluding hydrogens is 316 g/mol. The average molecular weight is 339 g/mol. The van der Waals surface area contributed by atoms with Crippen LogP contribution in [0.5, 0.6) is 0 Å². The number of nitrogens with one attached hydrogen (secondary N) is 2. The fraction of sp³-hybridized carbons (Fsp3) is 0.562. The van der Waals surface area contributed by atoms with Crippen molar-refractivity contribution in [2.75, 3.05) is 18.4 Å². The second-order valence-electron chi connectivity index (χ2n) is 5.78. The summed E-state index contributed by atoms with van der Waals surface area (Å²) in [5.41, 5.74) is 2.99. The van der Waals surface area contributed by atoms with E-state index in [1.165, 1.54) is 5.56 Å². The Morgan fingerprint density at radius 2 is 2.00 bits per heavy atom. The molecule has 4 heteroatoms. The van der Waals surface area contributed by atoms with E-state index in [4.69, 9.17) is 0 Å². The highest BCUT2D eigenvalue weighted by Gasteiger charge is 2.38. The molecule has 1 amide bonds. The van der Waals surface area contributed by atoms with Crippen molar-refractivity contribution in [3.63, 3.8) is 0 Å². The minimum absolute atomic E-state index is 0.161. The summed E-state index contributed by atoms with van der Waals surface area (Å²) >= 11 is 3.56. The molecular formula is C16H23BrN2O. The molecule has 0 aliphatic carbocycles. The van der Waals surface area contributed by atoms with Gasteiger partial charge >= 0.3 is 0 Å². The minimum Gasteiger partial charge on any atom is -0.324 e. The molecule has 0 unspecified atom stereocenters. The Morgan fingerprint density at radius 3 is 2.55 bits per heavy atom. The van der Waals surface area contributed by atoms with Crippen LogP contribution in [-0.2, 0) is 4.79 Å². The number of aryl methyl sites for hydroxylation is 2. The standard InChI is InChI=1S/C16H23BrN2O/c1-4-16(5-7-18-8-6-16)15(20)19-14-12(3)9-11(2)10-13(14)17/h9-10,18H,4-8H2,1-3H3,(H,19,20). The van der Waals surface area contributed by atoms with Crippen LogP contribution in [0.1, 0.15) is 37.3 Å². The number of amides is 1. The summed E-state index contributed by atoms with van der Waals surface area (Å²) in [6, 6.07) is 4.14. The molecule has 0 atom stereocenters. The highest BCUT2D eigenvalue weighted by Crippen LogP contribution is 2.36. The Bertz CT molecular complexity index is 484. The summed E-state index contributed by atoms with van der Waals surface area (Å²) in [7, 11) is 0. The van der Waals surface area contributed by atoms with Gasteiger partial charge in [0.25, 0.3) is 0 Å². The number of piperidine rings is 1. The quantitative estimate of drug-likeness (QED) is 0.880. The van der Waals surface area contributed by atoms with Crippen molar-refractivity contribution in [2.45, 2.75) is 40.0 Å². The van der Waals surface area contributed by atoms with Crippen molar-refractivity contribution >= 4 is 27.5 Å². The van der Waals surface area contributed by atoms with E-state index in [1.54, 1.807) is 0 Å². The van der Waals surface area contributed by atoms with Crippen molar-refractivity contribution in [3.05, 3.63) is 27.7 Å². The molecule has 1 saturated heterocycles. The molecule has 3 nitrogen and oxygen atoms in total. The molecule has 1 aromatic rings. The molecule has 1 aliphatic heterocycles. The maximum absolute atomic E-state index is 12.8. The molecule has 0 radical (unpaired) electrons. The molecule has 0 saturated carbocycles. The predicted octanol–water partition coefficient (Wildman–Crippen LogP) is 3.78. The van der Waals surface area contributed by atoms with E-state index < -0.39 is 0 Å². The average Bonchev–Trinajstić information content (AvgIpc) is 2.43. The van der Waals surface area contributed by atoms with Gasteiger partial charge in [-0.1, -0.05) is 13.0 Å². The first kappa shape index (κ1) is 15.5. The highest BCUT2D eigenvalue weighted by atomic mass is 79.9. The Morgan fingerprint density at radius 1 is 1.35 bits per heavy atom. The number of hydrogen-bond donors (Lipinski definition) is 2.